The van der Waals surface area contributed by atoms with E-state index in [-0.39, 0.29) is 5.75 Å². The van der Waals surface area contributed by atoms with Crippen LogP contribution in [0, 0.1) is 0 Å². The predicted octanol–water partition coefficient (Wildman–Crippen LogP) is 1.62. The molecule has 0 spiro atoms. The number of aliphatic carboxylic acids is 1. The summed E-state index contributed by atoms with van der Waals surface area (Å²) in [6.45, 7) is 1.66. The SMILES string of the molecule is CC=CC(=O)O.Nc1cccc(O)c1. The van der Waals surface area contributed by atoms with Gasteiger partial charge in [-0.15, -0.1) is 0 Å². The maximum Gasteiger partial charge on any atom is 0.327 e. The van der Waals surface area contributed by atoms with Crippen LogP contribution in [0.15, 0.2) is 36.4 Å². The number of aromatic hydroxyl groups is 1. The van der Waals surface area contributed by atoms with Crippen molar-refractivity contribution in [3.05, 3.63) is 36.4 Å². The van der Waals surface area contributed by atoms with Gasteiger partial charge in [-0.2, -0.15) is 0 Å². The van der Waals surface area contributed by atoms with Gasteiger partial charge in [-0.3, -0.25) is 0 Å². The van der Waals surface area contributed by atoms with E-state index < -0.39 is 5.97 Å². The van der Waals surface area contributed by atoms with Crippen molar-refractivity contribution < 1.29 is 15.0 Å². The highest BCUT2D eigenvalue weighted by molar-refractivity contribution is 5.79. The zero-order chi connectivity index (χ0) is 11.0. The number of anilines is 1. The summed E-state index contributed by atoms with van der Waals surface area (Å²) in [6, 6.07) is 6.50. The topological polar surface area (TPSA) is 83.5 Å². The number of rotatable bonds is 1. The first-order chi connectivity index (χ1) is 6.56. The Morgan fingerprint density at radius 2 is 2.14 bits per heavy atom. The molecular weight excluding hydrogens is 182 g/mol. The highest BCUT2D eigenvalue weighted by atomic mass is 16.4. The number of carboxylic acid groups (broad SMARTS) is 1. The summed E-state index contributed by atoms with van der Waals surface area (Å²) in [5.74, 6) is -0.678. The summed E-state index contributed by atoms with van der Waals surface area (Å²) in [5.41, 5.74) is 5.89. The van der Waals surface area contributed by atoms with E-state index in [1.165, 1.54) is 12.1 Å². The highest BCUT2D eigenvalue weighted by Crippen LogP contribution is 2.10. The lowest BCUT2D eigenvalue weighted by Gasteiger charge is -1.90. The lowest BCUT2D eigenvalue weighted by Crippen LogP contribution is -1.83. The van der Waals surface area contributed by atoms with Crippen molar-refractivity contribution in [2.24, 2.45) is 0 Å². The molecular formula is C10H13NO3. The molecule has 0 aliphatic rings. The Morgan fingerprint density at radius 3 is 2.36 bits per heavy atom. The van der Waals surface area contributed by atoms with Gasteiger partial charge in [0.15, 0.2) is 0 Å². The molecule has 0 saturated carbocycles. The molecule has 1 aromatic rings. The van der Waals surface area contributed by atoms with Crippen molar-refractivity contribution in [3.63, 3.8) is 0 Å². The molecule has 0 aliphatic heterocycles. The van der Waals surface area contributed by atoms with Crippen LogP contribution in [0.1, 0.15) is 6.92 Å². The lowest BCUT2D eigenvalue weighted by molar-refractivity contribution is -0.131. The zero-order valence-corrected chi connectivity index (χ0v) is 7.84. The number of nitrogens with two attached hydrogens (primary N) is 1. The molecule has 0 radical (unpaired) electrons. The molecule has 1 aromatic carbocycles. The van der Waals surface area contributed by atoms with Crippen molar-refractivity contribution >= 4 is 11.7 Å². The second-order valence-electron chi connectivity index (χ2n) is 2.43. The van der Waals surface area contributed by atoms with Gasteiger partial charge in [0, 0.05) is 17.8 Å². The van der Waals surface area contributed by atoms with Gasteiger partial charge in [-0.1, -0.05) is 12.1 Å². The third kappa shape index (κ3) is 6.72. The Kier molecular flexibility index (Phi) is 5.62. The minimum Gasteiger partial charge on any atom is -0.508 e. The molecule has 0 fully saturated rings. The van der Waals surface area contributed by atoms with Gasteiger partial charge in [0.05, 0.1) is 0 Å². The molecule has 0 saturated heterocycles. The van der Waals surface area contributed by atoms with Gasteiger partial charge < -0.3 is 15.9 Å². The maximum absolute atomic E-state index is 9.51. The minimum absolute atomic E-state index is 0.213. The molecule has 0 heterocycles. The molecule has 0 aliphatic carbocycles. The Morgan fingerprint density at radius 1 is 1.50 bits per heavy atom. The lowest BCUT2D eigenvalue weighted by atomic mass is 10.3. The van der Waals surface area contributed by atoms with E-state index in [1.807, 2.05) is 0 Å². The molecule has 0 atom stereocenters. The van der Waals surface area contributed by atoms with Crippen molar-refractivity contribution in [1.82, 2.24) is 0 Å². The molecule has 0 unspecified atom stereocenters. The smallest absolute Gasteiger partial charge is 0.327 e. The van der Waals surface area contributed by atoms with Crippen LogP contribution >= 0.6 is 0 Å². The fourth-order valence-corrected chi connectivity index (χ4v) is 0.667. The Bertz CT molecular complexity index is 304. The second kappa shape index (κ2) is 6.54. The van der Waals surface area contributed by atoms with E-state index in [0.29, 0.717) is 5.69 Å². The van der Waals surface area contributed by atoms with E-state index in [1.54, 1.807) is 25.1 Å². The quantitative estimate of drug-likeness (QED) is 0.469. The first-order valence-corrected chi connectivity index (χ1v) is 3.96. The fourth-order valence-electron chi connectivity index (χ4n) is 0.667. The second-order valence-corrected chi connectivity index (χ2v) is 2.43. The average Bonchev–Trinajstić information content (AvgIpc) is 2.03. The largest absolute Gasteiger partial charge is 0.508 e. The van der Waals surface area contributed by atoms with Crippen LogP contribution < -0.4 is 5.73 Å². The summed E-state index contributed by atoms with van der Waals surface area (Å²) in [6.07, 6.45) is 2.56. The van der Waals surface area contributed by atoms with Gasteiger partial charge in [-0.25, -0.2) is 4.79 Å². The number of carbonyl (C=O) groups is 1. The molecule has 1 rings (SSSR count). The summed E-state index contributed by atoms with van der Waals surface area (Å²) in [4.78, 5) is 9.51. The van der Waals surface area contributed by atoms with Crippen LogP contribution in [0.4, 0.5) is 5.69 Å². The number of benzene rings is 1. The third-order valence-corrected chi connectivity index (χ3v) is 1.18. The standard InChI is InChI=1S/C6H7NO.C4H6O2/c7-5-2-1-3-6(8)4-5;1-2-3-4(5)6/h1-4,8H,7H2;2-3H,1H3,(H,5,6). The van der Waals surface area contributed by atoms with E-state index in [2.05, 4.69) is 0 Å². The van der Waals surface area contributed by atoms with Crippen LogP contribution in [0.25, 0.3) is 0 Å². The number of phenolic OH excluding ortho intramolecular Hbond substituents is 1. The van der Waals surface area contributed by atoms with Crippen molar-refractivity contribution in [1.29, 1.82) is 0 Å². The molecule has 0 amide bonds. The minimum atomic E-state index is -0.891. The monoisotopic (exact) mass is 195 g/mol. The average molecular weight is 195 g/mol. The van der Waals surface area contributed by atoms with Gasteiger partial charge in [-0.05, 0) is 19.1 Å². The molecule has 76 valence electrons. The molecule has 4 nitrogen and oxygen atoms in total. The summed E-state index contributed by atoms with van der Waals surface area (Å²) in [7, 11) is 0. The first-order valence-electron chi connectivity index (χ1n) is 3.96. The van der Waals surface area contributed by atoms with Crippen LogP contribution in [0.5, 0.6) is 5.75 Å². The number of phenols is 1. The maximum atomic E-state index is 9.51. The molecule has 0 aromatic heterocycles. The Labute approximate surface area is 82.3 Å². The van der Waals surface area contributed by atoms with Crippen LogP contribution in [-0.4, -0.2) is 16.2 Å². The predicted molar refractivity (Wildman–Crippen MR) is 55.0 cm³/mol. The van der Waals surface area contributed by atoms with E-state index >= 15 is 0 Å². The normalized spacial score (nSPS) is 9.21. The number of allylic oxidation sites excluding steroid dienone is 1. The third-order valence-electron chi connectivity index (χ3n) is 1.18. The fraction of sp³-hybridized carbons (Fsp3) is 0.100. The molecule has 0 bridgehead atoms. The highest BCUT2D eigenvalue weighted by Gasteiger charge is 1.83. The zero-order valence-electron chi connectivity index (χ0n) is 7.84. The summed E-state index contributed by atoms with van der Waals surface area (Å²) >= 11 is 0. The number of hydrogen-bond donors (Lipinski definition) is 3. The number of carboxylic acids is 1. The molecule has 4 heteroatoms. The summed E-state index contributed by atoms with van der Waals surface area (Å²) < 4.78 is 0. The van der Waals surface area contributed by atoms with Gasteiger partial charge >= 0.3 is 5.97 Å². The van der Waals surface area contributed by atoms with E-state index in [9.17, 15) is 4.79 Å². The first kappa shape index (κ1) is 12.0. The Balaban J connectivity index is 0.000000255. The van der Waals surface area contributed by atoms with Gasteiger partial charge in [0.25, 0.3) is 0 Å². The van der Waals surface area contributed by atoms with Crippen molar-refractivity contribution in [2.75, 3.05) is 5.73 Å². The van der Waals surface area contributed by atoms with Crippen molar-refractivity contribution in [2.45, 2.75) is 6.92 Å². The van der Waals surface area contributed by atoms with E-state index in [4.69, 9.17) is 15.9 Å². The Hall–Kier alpha value is -1.97. The van der Waals surface area contributed by atoms with Crippen LogP contribution in [0.3, 0.4) is 0 Å². The summed E-state index contributed by atoms with van der Waals surface area (Å²) in [5, 5.41) is 16.6. The van der Waals surface area contributed by atoms with E-state index in [0.717, 1.165) is 6.08 Å². The number of nitrogen functional groups attached to an aromatic ring is 1. The van der Waals surface area contributed by atoms with Crippen molar-refractivity contribution in [3.8, 4) is 5.75 Å². The van der Waals surface area contributed by atoms with Crippen LogP contribution in [0.2, 0.25) is 0 Å². The molecule has 14 heavy (non-hydrogen) atoms. The van der Waals surface area contributed by atoms with Crippen LogP contribution in [-0.2, 0) is 4.79 Å². The molecule has 4 N–H and O–H groups in total. The number of hydrogen-bond acceptors (Lipinski definition) is 3. The van der Waals surface area contributed by atoms with Gasteiger partial charge in [0.2, 0.25) is 0 Å². The van der Waals surface area contributed by atoms with Gasteiger partial charge in [0.1, 0.15) is 5.75 Å².